The van der Waals surface area contributed by atoms with E-state index in [4.69, 9.17) is 10.4 Å². The van der Waals surface area contributed by atoms with Crippen molar-refractivity contribution >= 4 is 12.0 Å². The van der Waals surface area contributed by atoms with Gasteiger partial charge in [-0.05, 0) is 30.2 Å². The van der Waals surface area contributed by atoms with Gasteiger partial charge in [0.1, 0.15) is 17.4 Å². The Morgan fingerprint density at radius 3 is 2.65 bits per heavy atom. The number of nitrogens with zero attached hydrogens (tertiary/aromatic N) is 1. The number of aromatic hydroxyl groups is 1. The smallest absolute Gasteiger partial charge is 0.261 e. The molecule has 0 radical (unpaired) electrons. The van der Waals surface area contributed by atoms with Crippen LogP contribution in [0.25, 0.3) is 6.08 Å². The van der Waals surface area contributed by atoms with Gasteiger partial charge in [0.25, 0.3) is 5.91 Å². The summed E-state index contributed by atoms with van der Waals surface area (Å²) in [6.45, 7) is 2.49. The zero-order valence-corrected chi connectivity index (χ0v) is 9.60. The average molecular weight is 230 g/mol. The Balaban J connectivity index is 2.83. The van der Waals surface area contributed by atoms with Crippen LogP contribution in [-0.2, 0) is 4.79 Å². The third-order valence-electron chi connectivity index (χ3n) is 2.10. The number of rotatable bonds is 4. The van der Waals surface area contributed by atoms with Crippen LogP contribution in [0.2, 0.25) is 0 Å². The second-order valence-electron chi connectivity index (χ2n) is 3.52. The van der Waals surface area contributed by atoms with Crippen LogP contribution >= 0.6 is 0 Å². The van der Waals surface area contributed by atoms with Gasteiger partial charge >= 0.3 is 0 Å². The summed E-state index contributed by atoms with van der Waals surface area (Å²) < 4.78 is 0. The van der Waals surface area contributed by atoms with Gasteiger partial charge in [0, 0.05) is 6.54 Å². The quantitative estimate of drug-likeness (QED) is 0.612. The van der Waals surface area contributed by atoms with Crippen molar-refractivity contribution in [1.29, 1.82) is 5.26 Å². The second-order valence-corrected chi connectivity index (χ2v) is 3.52. The maximum absolute atomic E-state index is 11.6. The molecule has 1 aromatic carbocycles. The van der Waals surface area contributed by atoms with Crippen LogP contribution in [-0.4, -0.2) is 17.6 Å². The van der Waals surface area contributed by atoms with E-state index in [9.17, 15) is 4.79 Å². The Hall–Kier alpha value is -2.28. The molecular formula is C13H14N2O2. The highest BCUT2D eigenvalue weighted by Gasteiger charge is 2.07. The zero-order chi connectivity index (χ0) is 12.7. The summed E-state index contributed by atoms with van der Waals surface area (Å²) >= 11 is 0. The topological polar surface area (TPSA) is 73.1 Å². The van der Waals surface area contributed by atoms with Gasteiger partial charge in [0.15, 0.2) is 0 Å². The Morgan fingerprint density at radius 2 is 2.12 bits per heavy atom. The molecule has 4 nitrogen and oxygen atoms in total. The van der Waals surface area contributed by atoms with E-state index in [1.165, 1.54) is 18.2 Å². The van der Waals surface area contributed by atoms with E-state index in [-0.39, 0.29) is 17.2 Å². The van der Waals surface area contributed by atoms with Gasteiger partial charge in [0.05, 0.1) is 0 Å². The summed E-state index contributed by atoms with van der Waals surface area (Å²) in [5.41, 5.74) is 0.759. The minimum atomic E-state index is -0.373. The summed E-state index contributed by atoms with van der Waals surface area (Å²) in [4.78, 5) is 11.6. The predicted octanol–water partition coefficient (Wildman–Crippen LogP) is 1.83. The highest BCUT2D eigenvalue weighted by molar-refractivity contribution is 6.01. The van der Waals surface area contributed by atoms with E-state index in [1.54, 1.807) is 12.1 Å². The monoisotopic (exact) mass is 230 g/mol. The first-order valence-corrected chi connectivity index (χ1v) is 5.36. The van der Waals surface area contributed by atoms with Crippen molar-refractivity contribution in [2.24, 2.45) is 0 Å². The highest BCUT2D eigenvalue weighted by atomic mass is 16.3. The first-order chi connectivity index (χ1) is 8.17. The Labute approximate surface area is 100 Å². The summed E-state index contributed by atoms with van der Waals surface area (Å²) in [5.74, 6) is -0.224. The molecule has 0 aliphatic heterocycles. The van der Waals surface area contributed by atoms with Gasteiger partial charge in [-0.3, -0.25) is 4.79 Å². The SMILES string of the molecule is CCCNC(=O)/C(C#N)=C\c1ccc(O)cc1. The number of nitriles is 1. The minimum absolute atomic E-state index is 0.0594. The van der Waals surface area contributed by atoms with Gasteiger partial charge in [-0.1, -0.05) is 19.1 Å². The van der Waals surface area contributed by atoms with Crippen LogP contribution in [0.15, 0.2) is 29.8 Å². The molecular weight excluding hydrogens is 216 g/mol. The van der Waals surface area contributed by atoms with E-state index in [2.05, 4.69) is 5.32 Å². The summed E-state index contributed by atoms with van der Waals surface area (Å²) in [6.07, 6.45) is 2.31. The molecule has 88 valence electrons. The molecule has 0 fully saturated rings. The molecule has 0 bridgehead atoms. The maximum Gasteiger partial charge on any atom is 0.261 e. The molecule has 0 aliphatic carbocycles. The van der Waals surface area contributed by atoms with E-state index >= 15 is 0 Å². The molecule has 0 heterocycles. The molecule has 1 rings (SSSR count). The molecule has 0 saturated heterocycles. The number of phenols is 1. The van der Waals surface area contributed by atoms with Crippen LogP contribution in [0.5, 0.6) is 5.75 Å². The van der Waals surface area contributed by atoms with E-state index in [0.29, 0.717) is 12.1 Å². The Morgan fingerprint density at radius 1 is 1.47 bits per heavy atom. The lowest BCUT2D eigenvalue weighted by molar-refractivity contribution is -0.117. The second kappa shape index (κ2) is 6.33. The first kappa shape index (κ1) is 12.8. The van der Waals surface area contributed by atoms with Crippen LogP contribution in [0, 0.1) is 11.3 Å². The van der Waals surface area contributed by atoms with Crippen molar-refractivity contribution < 1.29 is 9.90 Å². The summed E-state index contributed by atoms with van der Waals surface area (Å²) in [5, 5.41) is 20.6. The lowest BCUT2D eigenvalue weighted by Gasteiger charge is -2.01. The van der Waals surface area contributed by atoms with Crippen LogP contribution < -0.4 is 5.32 Å². The van der Waals surface area contributed by atoms with Crippen LogP contribution in [0.3, 0.4) is 0 Å². The van der Waals surface area contributed by atoms with Crippen molar-refractivity contribution in [3.63, 3.8) is 0 Å². The number of benzene rings is 1. The fourth-order valence-electron chi connectivity index (χ4n) is 1.22. The number of amides is 1. The van der Waals surface area contributed by atoms with Crippen LogP contribution in [0.1, 0.15) is 18.9 Å². The molecule has 0 atom stereocenters. The molecule has 2 N–H and O–H groups in total. The van der Waals surface area contributed by atoms with Gasteiger partial charge < -0.3 is 10.4 Å². The number of phenolic OH excluding ortho intramolecular Hbond substituents is 1. The normalized spacial score (nSPS) is 10.7. The number of hydrogen-bond donors (Lipinski definition) is 2. The molecule has 17 heavy (non-hydrogen) atoms. The number of hydrogen-bond acceptors (Lipinski definition) is 3. The number of carbonyl (C=O) groups is 1. The Bertz CT molecular complexity index is 455. The van der Waals surface area contributed by atoms with Crippen molar-refractivity contribution in [3.8, 4) is 11.8 Å². The van der Waals surface area contributed by atoms with Crippen molar-refractivity contribution in [3.05, 3.63) is 35.4 Å². The molecule has 0 aliphatic rings. The standard InChI is InChI=1S/C13H14N2O2/c1-2-7-15-13(17)11(9-14)8-10-3-5-12(16)6-4-10/h3-6,8,16H,2,7H2,1H3,(H,15,17)/b11-8-. The maximum atomic E-state index is 11.6. The molecule has 0 spiro atoms. The fraction of sp³-hybridized carbons (Fsp3) is 0.231. The first-order valence-electron chi connectivity index (χ1n) is 5.36. The number of carbonyl (C=O) groups excluding carboxylic acids is 1. The van der Waals surface area contributed by atoms with Gasteiger partial charge in [-0.25, -0.2) is 0 Å². The van der Waals surface area contributed by atoms with Crippen molar-refractivity contribution in [2.75, 3.05) is 6.54 Å². The summed E-state index contributed by atoms with van der Waals surface area (Å²) in [6, 6.07) is 8.15. The third-order valence-corrected chi connectivity index (χ3v) is 2.10. The minimum Gasteiger partial charge on any atom is -0.508 e. The highest BCUT2D eigenvalue weighted by Crippen LogP contribution is 2.12. The van der Waals surface area contributed by atoms with E-state index < -0.39 is 0 Å². The molecule has 1 aromatic rings. The molecule has 1 amide bonds. The lowest BCUT2D eigenvalue weighted by atomic mass is 10.1. The Kier molecular flexibility index (Phi) is 4.77. The molecule has 0 aromatic heterocycles. The summed E-state index contributed by atoms with van der Waals surface area (Å²) in [7, 11) is 0. The van der Waals surface area contributed by atoms with Gasteiger partial charge in [0.2, 0.25) is 0 Å². The van der Waals surface area contributed by atoms with E-state index in [1.807, 2.05) is 13.0 Å². The zero-order valence-electron chi connectivity index (χ0n) is 9.60. The predicted molar refractivity (Wildman–Crippen MR) is 65.0 cm³/mol. The van der Waals surface area contributed by atoms with Crippen molar-refractivity contribution in [1.82, 2.24) is 5.32 Å². The van der Waals surface area contributed by atoms with Crippen molar-refractivity contribution in [2.45, 2.75) is 13.3 Å². The van der Waals surface area contributed by atoms with Gasteiger partial charge in [-0.15, -0.1) is 0 Å². The third kappa shape index (κ3) is 3.99. The molecule has 0 unspecified atom stereocenters. The largest absolute Gasteiger partial charge is 0.508 e. The molecule has 4 heteroatoms. The number of nitrogens with one attached hydrogen (secondary N) is 1. The molecule has 0 saturated carbocycles. The van der Waals surface area contributed by atoms with E-state index in [0.717, 1.165) is 6.42 Å². The lowest BCUT2D eigenvalue weighted by Crippen LogP contribution is -2.25. The average Bonchev–Trinajstić information content (AvgIpc) is 2.35. The van der Waals surface area contributed by atoms with Gasteiger partial charge in [-0.2, -0.15) is 5.26 Å². The fourth-order valence-corrected chi connectivity index (χ4v) is 1.22. The van der Waals surface area contributed by atoms with Crippen LogP contribution in [0.4, 0.5) is 0 Å².